The van der Waals surface area contributed by atoms with Gasteiger partial charge < -0.3 is 10.0 Å². The molecule has 140 valence electrons. The highest BCUT2D eigenvalue weighted by atomic mass is 16.3. The van der Waals surface area contributed by atoms with Gasteiger partial charge in [-0.15, -0.1) is 0 Å². The summed E-state index contributed by atoms with van der Waals surface area (Å²) in [6.07, 6.45) is 2.29. The molecule has 2 aromatic rings. The Hall–Kier alpha value is -1.96. The first-order valence-electron chi connectivity index (χ1n) is 9.78. The number of hydrogen-bond acceptors (Lipinski definition) is 2. The fourth-order valence-electron chi connectivity index (χ4n) is 3.92. The molecule has 2 heteroatoms. The Morgan fingerprint density at radius 2 is 1.58 bits per heavy atom. The van der Waals surface area contributed by atoms with Crippen molar-refractivity contribution in [2.24, 2.45) is 0 Å². The zero-order chi connectivity index (χ0) is 19.1. The number of nitrogens with zero attached hydrogens (tertiary/aromatic N) is 1. The van der Waals surface area contributed by atoms with Crippen LogP contribution >= 0.6 is 0 Å². The summed E-state index contributed by atoms with van der Waals surface area (Å²) in [5, 5.41) is 11.2. The van der Waals surface area contributed by atoms with E-state index < -0.39 is 0 Å². The largest absolute Gasteiger partial charge is 0.505 e. The summed E-state index contributed by atoms with van der Waals surface area (Å²) in [5.41, 5.74) is 4.61. The Morgan fingerprint density at radius 1 is 0.923 bits per heavy atom. The molecule has 3 rings (SSSR count). The predicted molar refractivity (Wildman–Crippen MR) is 111 cm³/mol. The molecule has 0 unspecified atom stereocenters. The second-order valence-corrected chi connectivity index (χ2v) is 9.65. The van der Waals surface area contributed by atoms with Gasteiger partial charge in [-0.05, 0) is 40.9 Å². The van der Waals surface area contributed by atoms with Crippen LogP contribution in [0.3, 0.4) is 0 Å². The number of rotatable bonds is 2. The minimum atomic E-state index is -0.0952. The van der Waals surface area contributed by atoms with E-state index in [2.05, 4.69) is 88.9 Å². The summed E-state index contributed by atoms with van der Waals surface area (Å²) in [7, 11) is 0. The van der Waals surface area contributed by atoms with Gasteiger partial charge in [0.05, 0.1) is 11.7 Å². The third-order valence-electron chi connectivity index (χ3n) is 5.51. The van der Waals surface area contributed by atoms with Crippen molar-refractivity contribution in [3.63, 3.8) is 0 Å². The standard InChI is InChI=1S/C24H33NO/c1-23(2,3)18-15-19(24(4,5)6)22(26)21(16-18)25-14-10-13-20(25)17-11-8-7-9-12-17/h7-9,11-12,15-16,20,26H,10,13-14H2,1-6H3/t20-/m0/s1. The zero-order valence-corrected chi connectivity index (χ0v) is 17.1. The summed E-state index contributed by atoms with van der Waals surface area (Å²) in [4.78, 5) is 2.41. The molecule has 0 radical (unpaired) electrons. The maximum Gasteiger partial charge on any atom is 0.142 e. The average molecular weight is 352 g/mol. The quantitative estimate of drug-likeness (QED) is 0.683. The van der Waals surface area contributed by atoms with E-state index in [1.54, 1.807) is 0 Å². The molecule has 0 aromatic heterocycles. The third-order valence-corrected chi connectivity index (χ3v) is 5.51. The van der Waals surface area contributed by atoms with Crippen molar-refractivity contribution in [1.29, 1.82) is 0 Å². The Morgan fingerprint density at radius 3 is 2.15 bits per heavy atom. The van der Waals surface area contributed by atoms with Crippen molar-refractivity contribution in [1.82, 2.24) is 0 Å². The lowest BCUT2D eigenvalue weighted by molar-refractivity contribution is 0.443. The first kappa shape index (κ1) is 18.8. The van der Waals surface area contributed by atoms with Gasteiger partial charge in [-0.2, -0.15) is 0 Å². The van der Waals surface area contributed by atoms with E-state index in [1.165, 1.54) is 11.1 Å². The third kappa shape index (κ3) is 3.60. The second kappa shape index (κ2) is 6.64. The van der Waals surface area contributed by atoms with Gasteiger partial charge in [0.15, 0.2) is 0 Å². The maximum atomic E-state index is 11.2. The molecule has 26 heavy (non-hydrogen) atoms. The van der Waals surface area contributed by atoms with Crippen LogP contribution in [0.2, 0.25) is 0 Å². The van der Waals surface area contributed by atoms with Gasteiger partial charge >= 0.3 is 0 Å². The van der Waals surface area contributed by atoms with Gasteiger partial charge in [-0.1, -0.05) is 77.9 Å². The number of aromatic hydroxyl groups is 1. The number of benzene rings is 2. The van der Waals surface area contributed by atoms with E-state index >= 15 is 0 Å². The van der Waals surface area contributed by atoms with Gasteiger partial charge in [0.1, 0.15) is 5.75 Å². The number of phenolic OH excluding ortho intramolecular Hbond substituents is 1. The van der Waals surface area contributed by atoms with E-state index in [1.807, 2.05) is 0 Å². The lowest BCUT2D eigenvalue weighted by Gasteiger charge is -2.33. The molecule has 1 heterocycles. The topological polar surface area (TPSA) is 23.5 Å². The van der Waals surface area contributed by atoms with Crippen molar-refractivity contribution >= 4 is 5.69 Å². The molecule has 1 N–H and O–H groups in total. The van der Waals surface area contributed by atoms with E-state index in [4.69, 9.17) is 0 Å². The van der Waals surface area contributed by atoms with Gasteiger partial charge in [0, 0.05) is 12.1 Å². The zero-order valence-electron chi connectivity index (χ0n) is 17.1. The highest BCUT2D eigenvalue weighted by Crippen LogP contribution is 2.46. The van der Waals surface area contributed by atoms with Crippen LogP contribution in [0.25, 0.3) is 0 Å². The molecule has 1 saturated heterocycles. The molecule has 0 aliphatic carbocycles. The first-order valence-corrected chi connectivity index (χ1v) is 9.78. The van der Waals surface area contributed by atoms with Crippen LogP contribution in [0.15, 0.2) is 42.5 Å². The smallest absolute Gasteiger partial charge is 0.142 e. The summed E-state index contributed by atoms with van der Waals surface area (Å²) in [6, 6.07) is 15.5. The normalized spacial score (nSPS) is 18.4. The summed E-state index contributed by atoms with van der Waals surface area (Å²) >= 11 is 0. The molecule has 1 atom stereocenters. The Labute approximate surface area is 158 Å². The molecule has 0 spiro atoms. The van der Waals surface area contributed by atoms with Crippen LogP contribution in [0.1, 0.15) is 77.1 Å². The van der Waals surface area contributed by atoms with Crippen LogP contribution < -0.4 is 4.90 Å². The van der Waals surface area contributed by atoms with E-state index in [-0.39, 0.29) is 10.8 Å². The number of anilines is 1. The Kier molecular flexibility index (Phi) is 4.81. The maximum absolute atomic E-state index is 11.2. The van der Waals surface area contributed by atoms with Gasteiger partial charge in [0.25, 0.3) is 0 Å². The van der Waals surface area contributed by atoms with Crippen LogP contribution in [-0.4, -0.2) is 11.7 Å². The van der Waals surface area contributed by atoms with E-state index in [0.29, 0.717) is 11.8 Å². The predicted octanol–water partition coefficient (Wildman–Crippen LogP) is 6.33. The molecule has 2 aromatic carbocycles. The molecule has 1 aliphatic rings. The lowest BCUT2D eigenvalue weighted by Crippen LogP contribution is -2.25. The van der Waals surface area contributed by atoms with Crippen molar-refractivity contribution in [2.75, 3.05) is 11.4 Å². The Balaban J connectivity index is 2.14. The van der Waals surface area contributed by atoms with Crippen molar-refractivity contribution in [3.8, 4) is 5.75 Å². The fraction of sp³-hybridized carbons (Fsp3) is 0.500. The van der Waals surface area contributed by atoms with E-state index in [9.17, 15) is 5.11 Å². The molecule has 0 bridgehead atoms. The van der Waals surface area contributed by atoms with E-state index in [0.717, 1.165) is 30.6 Å². The minimum Gasteiger partial charge on any atom is -0.505 e. The van der Waals surface area contributed by atoms with Crippen molar-refractivity contribution < 1.29 is 5.11 Å². The number of phenols is 1. The van der Waals surface area contributed by atoms with Gasteiger partial charge in [-0.3, -0.25) is 0 Å². The minimum absolute atomic E-state index is 0.0460. The SMILES string of the molecule is CC(C)(C)c1cc(N2CCC[C@H]2c2ccccc2)c(O)c(C(C)(C)C)c1. The van der Waals surface area contributed by atoms with Crippen molar-refractivity contribution in [2.45, 2.75) is 71.3 Å². The summed E-state index contributed by atoms with van der Waals surface area (Å²) < 4.78 is 0. The number of hydrogen-bond donors (Lipinski definition) is 1. The highest BCUT2D eigenvalue weighted by molar-refractivity contribution is 5.66. The molecule has 0 amide bonds. The monoisotopic (exact) mass is 351 g/mol. The second-order valence-electron chi connectivity index (χ2n) is 9.65. The average Bonchev–Trinajstić information content (AvgIpc) is 3.03. The van der Waals surface area contributed by atoms with Crippen LogP contribution in [0, 0.1) is 0 Å². The molecule has 2 nitrogen and oxygen atoms in total. The van der Waals surface area contributed by atoms with Crippen LogP contribution in [-0.2, 0) is 10.8 Å². The summed E-state index contributed by atoms with van der Waals surface area (Å²) in [5.74, 6) is 0.452. The Bertz CT molecular complexity index is 765. The first-order chi connectivity index (χ1) is 12.1. The van der Waals surface area contributed by atoms with Crippen molar-refractivity contribution in [3.05, 3.63) is 59.2 Å². The highest BCUT2D eigenvalue weighted by Gasteiger charge is 2.32. The fourth-order valence-corrected chi connectivity index (χ4v) is 3.92. The lowest BCUT2D eigenvalue weighted by atomic mass is 9.79. The molecular weight excluding hydrogens is 318 g/mol. The summed E-state index contributed by atoms with van der Waals surface area (Å²) in [6.45, 7) is 14.3. The molecule has 0 saturated carbocycles. The molecule has 1 fully saturated rings. The van der Waals surface area contributed by atoms with Gasteiger partial charge in [-0.25, -0.2) is 0 Å². The van der Waals surface area contributed by atoms with Crippen LogP contribution in [0.4, 0.5) is 5.69 Å². The van der Waals surface area contributed by atoms with Gasteiger partial charge in [0.2, 0.25) is 0 Å². The molecular formula is C24H33NO. The van der Waals surface area contributed by atoms with Crippen LogP contribution in [0.5, 0.6) is 5.75 Å². The molecule has 1 aliphatic heterocycles.